The van der Waals surface area contributed by atoms with Crippen molar-refractivity contribution < 1.29 is 9.63 Å². The first-order valence-corrected chi connectivity index (χ1v) is 5.10. The van der Waals surface area contributed by atoms with Crippen LogP contribution in [0.4, 0.5) is 0 Å². The third-order valence-corrected chi connectivity index (χ3v) is 2.61. The lowest BCUT2D eigenvalue weighted by Gasteiger charge is -2.00. The highest BCUT2D eigenvalue weighted by Gasteiger charge is 2.00. The third kappa shape index (κ3) is 3.82. The van der Waals surface area contributed by atoms with E-state index in [1.807, 2.05) is 0 Å². The van der Waals surface area contributed by atoms with E-state index in [0.717, 1.165) is 16.3 Å². The fourth-order valence-corrected chi connectivity index (χ4v) is 1.63. The third-order valence-electron chi connectivity index (χ3n) is 1.47. The van der Waals surface area contributed by atoms with Crippen LogP contribution in [0, 0.1) is 0 Å². The number of nitrogens with zero attached hydrogens (tertiary/aromatic N) is 1. The number of nitrogens with one attached hydrogen (secondary N) is 1. The van der Waals surface area contributed by atoms with Crippen LogP contribution in [0.3, 0.4) is 0 Å². The Bertz CT molecular complexity index is 301. The minimum Gasteiger partial charge on any atom is -0.368 e. The molecule has 6 heteroatoms. The van der Waals surface area contributed by atoms with Crippen LogP contribution in [0.15, 0.2) is 6.20 Å². The van der Waals surface area contributed by atoms with Crippen LogP contribution in [0.2, 0.25) is 0 Å². The summed E-state index contributed by atoms with van der Waals surface area (Å²) in [6, 6.07) is 0. The van der Waals surface area contributed by atoms with E-state index in [1.165, 1.54) is 0 Å². The summed E-state index contributed by atoms with van der Waals surface area (Å²) in [6.45, 7) is 2.49. The molecule has 1 rings (SSSR count). The second-order valence-electron chi connectivity index (χ2n) is 2.65. The predicted molar refractivity (Wildman–Crippen MR) is 53.5 cm³/mol. The Morgan fingerprint density at radius 2 is 2.57 bits per heavy atom. The largest absolute Gasteiger partial charge is 0.368 e. The van der Waals surface area contributed by atoms with Gasteiger partial charge < -0.3 is 5.73 Å². The Labute approximate surface area is 86.2 Å². The fourth-order valence-electron chi connectivity index (χ4n) is 0.838. The van der Waals surface area contributed by atoms with Crippen molar-refractivity contribution in [3.8, 4) is 0 Å². The fraction of sp³-hybridized carbons (Fsp3) is 0.500. The molecule has 5 nitrogen and oxygen atoms in total. The standard InChI is InChI=1S/C8H13N3O2S/c1-2-8-10-3-6(14-8)4-11-13-5-7(9)12/h3,11H,2,4-5H2,1H3,(H2,9,12). The Balaban J connectivity index is 2.21. The van der Waals surface area contributed by atoms with Crippen molar-refractivity contribution in [2.24, 2.45) is 5.73 Å². The molecule has 1 heterocycles. The highest BCUT2D eigenvalue weighted by Crippen LogP contribution is 2.12. The zero-order chi connectivity index (χ0) is 10.4. The minimum atomic E-state index is -0.490. The summed E-state index contributed by atoms with van der Waals surface area (Å²) in [4.78, 5) is 20.4. The number of amides is 1. The Morgan fingerprint density at radius 3 is 3.14 bits per heavy atom. The average molecular weight is 215 g/mol. The first-order valence-electron chi connectivity index (χ1n) is 4.29. The van der Waals surface area contributed by atoms with Crippen molar-refractivity contribution in [2.75, 3.05) is 6.61 Å². The molecule has 0 fully saturated rings. The van der Waals surface area contributed by atoms with Gasteiger partial charge in [-0.2, -0.15) is 5.48 Å². The maximum absolute atomic E-state index is 10.3. The summed E-state index contributed by atoms with van der Waals surface area (Å²) in [5, 5.41) is 1.09. The number of thiazole rings is 1. The first kappa shape index (κ1) is 11.1. The molecule has 0 saturated heterocycles. The molecule has 14 heavy (non-hydrogen) atoms. The van der Waals surface area contributed by atoms with Gasteiger partial charge in [-0.25, -0.2) is 4.98 Å². The van der Waals surface area contributed by atoms with Crippen molar-refractivity contribution in [1.82, 2.24) is 10.5 Å². The number of carbonyl (C=O) groups excluding carboxylic acids is 1. The lowest BCUT2D eigenvalue weighted by molar-refractivity contribution is -0.125. The van der Waals surface area contributed by atoms with Gasteiger partial charge in [0.2, 0.25) is 5.91 Å². The van der Waals surface area contributed by atoms with Crippen molar-refractivity contribution in [1.29, 1.82) is 0 Å². The molecule has 3 N–H and O–H groups in total. The minimum absolute atomic E-state index is 0.112. The lowest BCUT2D eigenvalue weighted by Crippen LogP contribution is -2.24. The number of aryl methyl sites for hydroxylation is 1. The Morgan fingerprint density at radius 1 is 1.79 bits per heavy atom. The van der Waals surface area contributed by atoms with Gasteiger partial charge in [0, 0.05) is 11.1 Å². The molecule has 0 atom stereocenters. The maximum atomic E-state index is 10.3. The molecular weight excluding hydrogens is 202 g/mol. The molecule has 0 saturated carbocycles. The molecule has 1 amide bonds. The number of nitrogens with two attached hydrogens (primary N) is 1. The molecule has 0 aliphatic carbocycles. The van der Waals surface area contributed by atoms with Gasteiger partial charge in [0.05, 0.1) is 11.6 Å². The van der Waals surface area contributed by atoms with Gasteiger partial charge in [-0.1, -0.05) is 6.92 Å². The Hall–Kier alpha value is -0.980. The summed E-state index contributed by atoms with van der Waals surface area (Å²) in [5.74, 6) is -0.490. The smallest absolute Gasteiger partial charge is 0.245 e. The molecule has 1 aromatic heterocycles. The number of hydroxylamine groups is 1. The van der Waals surface area contributed by atoms with Gasteiger partial charge in [-0.15, -0.1) is 11.3 Å². The zero-order valence-corrected chi connectivity index (χ0v) is 8.76. The topological polar surface area (TPSA) is 77.2 Å². The maximum Gasteiger partial charge on any atom is 0.245 e. The summed E-state index contributed by atoms with van der Waals surface area (Å²) >= 11 is 1.62. The molecule has 0 spiro atoms. The number of hydrogen-bond donors (Lipinski definition) is 2. The van der Waals surface area contributed by atoms with Gasteiger partial charge in [-0.05, 0) is 6.42 Å². The van der Waals surface area contributed by atoms with Crippen molar-refractivity contribution in [2.45, 2.75) is 19.9 Å². The van der Waals surface area contributed by atoms with Crippen LogP contribution in [-0.4, -0.2) is 17.5 Å². The van der Waals surface area contributed by atoms with E-state index in [2.05, 4.69) is 17.4 Å². The van der Waals surface area contributed by atoms with Gasteiger partial charge in [-0.3, -0.25) is 9.63 Å². The predicted octanol–water partition coefficient (Wildman–Crippen LogP) is 0.212. The summed E-state index contributed by atoms with van der Waals surface area (Å²) in [5.41, 5.74) is 7.52. The van der Waals surface area contributed by atoms with Gasteiger partial charge in [0.1, 0.15) is 6.61 Å². The van der Waals surface area contributed by atoms with Crippen LogP contribution >= 0.6 is 11.3 Å². The molecule has 0 bridgehead atoms. The monoisotopic (exact) mass is 215 g/mol. The van der Waals surface area contributed by atoms with E-state index in [-0.39, 0.29) is 6.61 Å². The van der Waals surface area contributed by atoms with Crippen molar-refractivity contribution in [3.05, 3.63) is 16.1 Å². The normalized spacial score (nSPS) is 10.4. The summed E-state index contributed by atoms with van der Waals surface area (Å²) in [7, 11) is 0. The molecule has 0 unspecified atom stereocenters. The Kier molecular flexibility index (Phi) is 4.51. The number of primary amides is 1. The van der Waals surface area contributed by atoms with Crippen molar-refractivity contribution in [3.63, 3.8) is 0 Å². The SMILES string of the molecule is CCc1ncc(CNOCC(N)=O)s1. The van der Waals surface area contributed by atoms with Crippen LogP contribution < -0.4 is 11.2 Å². The van der Waals surface area contributed by atoms with Crippen LogP contribution in [0.25, 0.3) is 0 Å². The molecule has 0 aliphatic rings. The second-order valence-corrected chi connectivity index (χ2v) is 3.85. The highest BCUT2D eigenvalue weighted by molar-refractivity contribution is 7.11. The highest BCUT2D eigenvalue weighted by atomic mass is 32.1. The van der Waals surface area contributed by atoms with E-state index in [4.69, 9.17) is 10.6 Å². The molecular formula is C8H13N3O2S. The number of aromatic nitrogens is 1. The molecule has 0 radical (unpaired) electrons. The lowest BCUT2D eigenvalue weighted by atomic mass is 10.5. The quantitative estimate of drug-likeness (QED) is 0.525. The van der Waals surface area contributed by atoms with E-state index in [1.54, 1.807) is 17.5 Å². The van der Waals surface area contributed by atoms with E-state index in [0.29, 0.717) is 6.54 Å². The van der Waals surface area contributed by atoms with E-state index < -0.39 is 5.91 Å². The summed E-state index contributed by atoms with van der Waals surface area (Å²) < 4.78 is 0. The second kappa shape index (κ2) is 5.69. The van der Waals surface area contributed by atoms with Gasteiger partial charge in [0.25, 0.3) is 0 Å². The van der Waals surface area contributed by atoms with E-state index in [9.17, 15) is 4.79 Å². The molecule has 0 aromatic carbocycles. The number of rotatable bonds is 6. The van der Waals surface area contributed by atoms with Crippen molar-refractivity contribution >= 4 is 17.2 Å². The van der Waals surface area contributed by atoms with Crippen LogP contribution in [0.5, 0.6) is 0 Å². The van der Waals surface area contributed by atoms with E-state index >= 15 is 0 Å². The summed E-state index contributed by atoms with van der Waals surface area (Å²) in [6.07, 6.45) is 2.73. The molecule has 0 aliphatic heterocycles. The average Bonchev–Trinajstić information content (AvgIpc) is 2.60. The molecule has 1 aromatic rings. The number of carbonyl (C=O) groups is 1. The van der Waals surface area contributed by atoms with Gasteiger partial charge >= 0.3 is 0 Å². The first-order chi connectivity index (χ1) is 6.72. The van der Waals surface area contributed by atoms with Crippen LogP contribution in [0.1, 0.15) is 16.8 Å². The zero-order valence-electron chi connectivity index (χ0n) is 7.95. The van der Waals surface area contributed by atoms with Gasteiger partial charge in [0.15, 0.2) is 0 Å². The van der Waals surface area contributed by atoms with Crippen LogP contribution in [-0.2, 0) is 22.6 Å². The molecule has 78 valence electrons. The number of hydrogen-bond acceptors (Lipinski definition) is 5.